The number of aromatic amines is 1. The molecule has 1 aliphatic heterocycles. The van der Waals surface area contributed by atoms with Gasteiger partial charge < -0.3 is 9.42 Å². The summed E-state index contributed by atoms with van der Waals surface area (Å²) in [5, 5.41) is 10.8. The van der Waals surface area contributed by atoms with Crippen molar-refractivity contribution in [2.45, 2.75) is 58.8 Å². The maximum atomic E-state index is 13.2. The van der Waals surface area contributed by atoms with Gasteiger partial charge in [-0.05, 0) is 50.2 Å². The Hall–Kier alpha value is -3.22. The maximum absolute atomic E-state index is 13.2. The minimum atomic E-state index is -0.274. The van der Waals surface area contributed by atoms with Crippen LogP contribution in [0, 0.1) is 12.8 Å². The standard InChI is InChI=1S/C26H32N4O3/c1-16(2)13-19-5-7-20(8-6-19)18(4)26(32)30-11-9-21(10-12-30)25-22(15-24(31)27-28-25)23-14-17(3)29-33-23/h5-8,14-16,18,21H,9-13H2,1-4H3,(H,27,31)/t18-/m0/s1. The summed E-state index contributed by atoms with van der Waals surface area (Å²) in [4.78, 5) is 27.0. The summed E-state index contributed by atoms with van der Waals surface area (Å²) in [7, 11) is 0. The molecule has 0 radical (unpaired) electrons. The van der Waals surface area contributed by atoms with Gasteiger partial charge in [0.2, 0.25) is 5.91 Å². The van der Waals surface area contributed by atoms with Gasteiger partial charge in [0.05, 0.1) is 17.3 Å². The lowest BCUT2D eigenvalue weighted by Gasteiger charge is -2.33. The van der Waals surface area contributed by atoms with Crippen molar-refractivity contribution >= 4 is 5.91 Å². The topological polar surface area (TPSA) is 92.1 Å². The fraction of sp³-hybridized carbons (Fsp3) is 0.462. The van der Waals surface area contributed by atoms with Crippen LogP contribution in [-0.4, -0.2) is 39.3 Å². The lowest BCUT2D eigenvalue weighted by Crippen LogP contribution is -2.40. The molecule has 0 unspecified atom stereocenters. The van der Waals surface area contributed by atoms with Gasteiger partial charge in [-0.15, -0.1) is 0 Å². The van der Waals surface area contributed by atoms with Crippen LogP contribution in [-0.2, 0) is 11.2 Å². The van der Waals surface area contributed by atoms with E-state index in [2.05, 4.69) is 53.5 Å². The Morgan fingerprint density at radius 2 is 1.85 bits per heavy atom. The number of piperidine rings is 1. The summed E-state index contributed by atoms with van der Waals surface area (Å²) in [6.07, 6.45) is 2.61. The van der Waals surface area contributed by atoms with Crippen molar-refractivity contribution in [3.05, 3.63) is 69.3 Å². The maximum Gasteiger partial charge on any atom is 0.264 e. The highest BCUT2D eigenvalue weighted by molar-refractivity contribution is 5.83. The van der Waals surface area contributed by atoms with Crippen LogP contribution in [0.5, 0.6) is 0 Å². The molecule has 174 valence electrons. The first-order chi connectivity index (χ1) is 15.8. The second kappa shape index (κ2) is 9.73. The zero-order valence-electron chi connectivity index (χ0n) is 19.8. The summed E-state index contributed by atoms with van der Waals surface area (Å²) in [5.41, 5.74) is 4.32. The van der Waals surface area contributed by atoms with Crippen LogP contribution in [0.3, 0.4) is 0 Å². The summed E-state index contributed by atoms with van der Waals surface area (Å²) in [5.74, 6) is 1.28. The van der Waals surface area contributed by atoms with E-state index in [1.54, 1.807) is 0 Å². The molecule has 7 heteroatoms. The molecule has 1 aliphatic rings. The van der Waals surface area contributed by atoms with Crippen molar-refractivity contribution in [2.75, 3.05) is 13.1 Å². The SMILES string of the molecule is Cc1cc(-c2cc(=O)[nH]nc2C2CCN(C(=O)[C@@H](C)c3ccc(CC(C)C)cc3)CC2)on1. The molecule has 1 atom stereocenters. The van der Waals surface area contributed by atoms with Crippen LogP contribution in [0.2, 0.25) is 0 Å². The molecule has 1 amide bonds. The number of aromatic nitrogens is 3. The summed E-state index contributed by atoms with van der Waals surface area (Å²) in [6, 6.07) is 11.8. The van der Waals surface area contributed by atoms with E-state index in [1.165, 1.54) is 11.6 Å². The predicted molar refractivity (Wildman–Crippen MR) is 127 cm³/mol. The molecule has 2 aromatic heterocycles. The third-order valence-electron chi connectivity index (χ3n) is 6.42. The van der Waals surface area contributed by atoms with E-state index in [9.17, 15) is 9.59 Å². The highest BCUT2D eigenvalue weighted by Gasteiger charge is 2.30. The van der Waals surface area contributed by atoms with Crippen molar-refractivity contribution in [3.63, 3.8) is 0 Å². The van der Waals surface area contributed by atoms with Gasteiger partial charge in [0.15, 0.2) is 5.76 Å². The quantitative estimate of drug-likeness (QED) is 0.602. The van der Waals surface area contributed by atoms with Crippen molar-refractivity contribution in [1.82, 2.24) is 20.3 Å². The van der Waals surface area contributed by atoms with Crippen molar-refractivity contribution < 1.29 is 9.32 Å². The number of rotatable bonds is 6. The molecular formula is C26H32N4O3. The first-order valence-corrected chi connectivity index (χ1v) is 11.7. The van der Waals surface area contributed by atoms with Gasteiger partial charge in [-0.25, -0.2) is 5.10 Å². The van der Waals surface area contributed by atoms with E-state index in [-0.39, 0.29) is 23.3 Å². The van der Waals surface area contributed by atoms with Gasteiger partial charge in [0.1, 0.15) is 0 Å². The van der Waals surface area contributed by atoms with E-state index in [4.69, 9.17) is 4.52 Å². The Balaban J connectivity index is 1.43. The number of carbonyl (C=O) groups excluding carboxylic acids is 1. The third kappa shape index (κ3) is 5.24. The minimum Gasteiger partial charge on any atom is -0.356 e. The van der Waals surface area contributed by atoms with Crippen molar-refractivity contribution in [2.24, 2.45) is 5.92 Å². The zero-order valence-corrected chi connectivity index (χ0v) is 19.8. The van der Waals surface area contributed by atoms with Crippen LogP contribution >= 0.6 is 0 Å². The molecule has 3 aromatic rings. The van der Waals surface area contributed by atoms with Crippen LogP contribution < -0.4 is 5.56 Å². The highest BCUT2D eigenvalue weighted by atomic mass is 16.5. The highest BCUT2D eigenvalue weighted by Crippen LogP contribution is 2.34. The summed E-state index contributed by atoms with van der Waals surface area (Å²) >= 11 is 0. The normalized spacial score (nSPS) is 15.7. The second-order valence-corrected chi connectivity index (χ2v) is 9.52. The minimum absolute atomic E-state index is 0.136. The molecule has 0 spiro atoms. The fourth-order valence-corrected chi connectivity index (χ4v) is 4.62. The van der Waals surface area contributed by atoms with Crippen LogP contribution in [0.25, 0.3) is 11.3 Å². The van der Waals surface area contributed by atoms with Crippen LogP contribution in [0.1, 0.15) is 68.0 Å². The van der Waals surface area contributed by atoms with E-state index in [1.807, 2.05) is 24.8 Å². The van der Waals surface area contributed by atoms with Crippen LogP contribution in [0.4, 0.5) is 0 Å². The largest absolute Gasteiger partial charge is 0.356 e. The van der Waals surface area contributed by atoms with E-state index >= 15 is 0 Å². The van der Waals surface area contributed by atoms with Crippen LogP contribution in [0.15, 0.2) is 45.7 Å². The van der Waals surface area contributed by atoms with E-state index < -0.39 is 0 Å². The average molecular weight is 449 g/mol. The molecule has 1 saturated heterocycles. The number of carbonyl (C=O) groups is 1. The molecule has 0 bridgehead atoms. The number of H-pyrrole nitrogens is 1. The Bertz CT molecular complexity index is 1150. The zero-order chi connectivity index (χ0) is 23.5. The summed E-state index contributed by atoms with van der Waals surface area (Å²) < 4.78 is 5.40. The first kappa shape index (κ1) is 23.0. The number of hydrogen-bond acceptors (Lipinski definition) is 5. The summed E-state index contributed by atoms with van der Waals surface area (Å²) in [6.45, 7) is 9.57. The van der Waals surface area contributed by atoms with Crippen molar-refractivity contribution in [3.8, 4) is 11.3 Å². The first-order valence-electron chi connectivity index (χ1n) is 11.7. The molecule has 1 aromatic carbocycles. The molecule has 1 fully saturated rings. The lowest BCUT2D eigenvalue weighted by molar-refractivity contribution is -0.133. The average Bonchev–Trinajstić information content (AvgIpc) is 3.24. The van der Waals surface area contributed by atoms with Gasteiger partial charge in [-0.3, -0.25) is 9.59 Å². The number of aryl methyl sites for hydroxylation is 1. The number of nitrogens with zero attached hydrogens (tertiary/aromatic N) is 3. The smallest absolute Gasteiger partial charge is 0.264 e. The Morgan fingerprint density at radius 1 is 1.15 bits per heavy atom. The molecule has 0 saturated carbocycles. The van der Waals surface area contributed by atoms with Gasteiger partial charge in [0.25, 0.3) is 5.56 Å². The number of hydrogen-bond donors (Lipinski definition) is 1. The van der Waals surface area contributed by atoms with Gasteiger partial charge >= 0.3 is 0 Å². The Labute approximate surface area is 194 Å². The molecule has 0 aliphatic carbocycles. The Morgan fingerprint density at radius 3 is 2.45 bits per heavy atom. The number of nitrogens with one attached hydrogen (secondary N) is 1. The third-order valence-corrected chi connectivity index (χ3v) is 6.42. The molecular weight excluding hydrogens is 416 g/mol. The molecule has 33 heavy (non-hydrogen) atoms. The van der Waals surface area contributed by atoms with Gasteiger partial charge in [0, 0.05) is 36.7 Å². The van der Waals surface area contributed by atoms with E-state index in [0.29, 0.717) is 30.3 Å². The van der Waals surface area contributed by atoms with Crippen molar-refractivity contribution in [1.29, 1.82) is 0 Å². The lowest BCUT2D eigenvalue weighted by atomic mass is 9.89. The van der Waals surface area contributed by atoms with E-state index in [0.717, 1.165) is 36.2 Å². The Kier molecular flexibility index (Phi) is 6.77. The van der Waals surface area contributed by atoms with Gasteiger partial charge in [-0.2, -0.15) is 5.10 Å². The predicted octanol–water partition coefficient (Wildman–Crippen LogP) is 4.44. The molecule has 1 N–H and O–H groups in total. The van der Waals surface area contributed by atoms with Gasteiger partial charge in [-0.1, -0.05) is 43.3 Å². The monoisotopic (exact) mass is 448 g/mol. The fourth-order valence-electron chi connectivity index (χ4n) is 4.62. The number of likely N-dealkylation sites (tertiary alicyclic amines) is 1. The molecule has 3 heterocycles. The molecule has 4 rings (SSSR count). The molecule has 7 nitrogen and oxygen atoms in total. The number of benzene rings is 1. The second-order valence-electron chi connectivity index (χ2n) is 9.52. The number of amides is 1.